The lowest BCUT2D eigenvalue weighted by atomic mass is 10.1. The number of ether oxygens (including phenoxy) is 1. The molecule has 5 nitrogen and oxygen atoms in total. The molecular weight excluding hydrogens is 300 g/mol. The van der Waals surface area contributed by atoms with Crippen molar-refractivity contribution < 1.29 is 4.74 Å². The fourth-order valence-corrected chi connectivity index (χ4v) is 2.33. The van der Waals surface area contributed by atoms with E-state index >= 15 is 0 Å². The molecule has 0 aliphatic heterocycles. The summed E-state index contributed by atoms with van der Waals surface area (Å²) in [5.41, 5.74) is 10.7. The van der Waals surface area contributed by atoms with Crippen LogP contribution in [0.1, 0.15) is 16.7 Å². The van der Waals surface area contributed by atoms with Crippen molar-refractivity contribution in [2.75, 3.05) is 11.1 Å². The van der Waals surface area contributed by atoms with E-state index in [9.17, 15) is 0 Å². The number of nitrogens with two attached hydrogens (primary N) is 1. The Labute approximate surface area is 141 Å². The van der Waals surface area contributed by atoms with Gasteiger partial charge in [-0.05, 0) is 55.7 Å². The Kier molecular flexibility index (Phi) is 4.33. The summed E-state index contributed by atoms with van der Waals surface area (Å²) in [6.07, 6.45) is 1.67. The molecule has 0 amide bonds. The van der Waals surface area contributed by atoms with Crippen LogP contribution < -0.4 is 15.8 Å². The van der Waals surface area contributed by atoms with Gasteiger partial charge in [0.1, 0.15) is 5.75 Å². The molecule has 0 saturated carbocycles. The van der Waals surface area contributed by atoms with E-state index in [1.807, 2.05) is 57.2 Å². The molecule has 3 N–H and O–H groups in total. The van der Waals surface area contributed by atoms with Crippen LogP contribution in [0.2, 0.25) is 0 Å². The van der Waals surface area contributed by atoms with Gasteiger partial charge in [-0.15, -0.1) is 0 Å². The number of anilines is 3. The molecule has 0 aliphatic rings. The Morgan fingerprint density at radius 1 is 0.958 bits per heavy atom. The van der Waals surface area contributed by atoms with E-state index < -0.39 is 0 Å². The molecule has 0 spiro atoms. The summed E-state index contributed by atoms with van der Waals surface area (Å²) >= 11 is 0. The molecule has 0 aliphatic carbocycles. The summed E-state index contributed by atoms with van der Waals surface area (Å²) in [6, 6.07) is 13.5. The van der Waals surface area contributed by atoms with Gasteiger partial charge in [0.25, 0.3) is 0 Å². The summed E-state index contributed by atoms with van der Waals surface area (Å²) in [6.45, 7) is 5.94. The first kappa shape index (κ1) is 15.8. The SMILES string of the molecule is Cc1cc(Oc2ccnc(Nc3ccccc3C)n2)c(C)cc1N. The highest BCUT2D eigenvalue weighted by molar-refractivity contribution is 5.58. The molecule has 0 radical (unpaired) electrons. The van der Waals surface area contributed by atoms with Crippen LogP contribution in [0.15, 0.2) is 48.7 Å². The van der Waals surface area contributed by atoms with E-state index in [0.717, 1.165) is 33.8 Å². The van der Waals surface area contributed by atoms with Gasteiger partial charge in [0.15, 0.2) is 0 Å². The maximum atomic E-state index is 5.92. The molecular formula is C19H20N4O. The number of benzene rings is 2. The van der Waals surface area contributed by atoms with Crippen molar-refractivity contribution in [3.63, 3.8) is 0 Å². The molecule has 0 atom stereocenters. The highest BCUT2D eigenvalue weighted by Crippen LogP contribution is 2.28. The minimum absolute atomic E-state index is 0.480. The van der Waals surface area contributed by atoms with Crippen LogP contribution in [0.5, 0.6) is 11.6 Å². The molecule has 24 heavy (non-hydrogen) atoms. The highest BCUT2D eigenvalue weighted by atomic mass is 16.5. The predicted octanol–water partition coefficient (Wildman–Crippen LogP) is 4.52. The summed E-state index contributed by atoms with van der Waals surface area (Å²) in [4.78, 5) is 8.67. The van der Waals surface area contributed by atoms with Crippen LogP contribution >= 0.6 is 0 Å². The lowest BCUT2D eigenvalue weighted by Gasteiger charge is -2.12. The van der Waals surface area contributed by atoms with E-state index in [1.54, 1.807) is 12.3 Å². The second-order valence-electron chi connectivity index (χ2n) is 5.73. The van der Waals surface area contributed by atoms with Crippen molar-refractivity contribution in [3.05, 3.63) is 65.4 Å². The first-order chi connectivity index (χ1) is 11.5. The first-order valence-corrected chi connectivity index (χ1v) is 7.73. The third kappa shape index (κ3) is 3.46. The van der Waals surface area contributed by atoms with Crippen molar-refractivity contribution >= 4 is 17.3 Å². The van der Waals surface area contributed by atoms with E-state index in [0.29, 0.717) is 11.8 Å². The van der Waals surface area contributed by atoms with Crippen LogP contribution in [0.3, 0.4) is 0 Å². The lowest BCUT2D eigenvalue weighted by Crippen LogP contribution is -2.00. The monoisotopic (exact) mass is 320 g/mol. The van der Waals surface area contributed by atoms with Gasteiger partial charge in [0.2, 0.25) is 11.8 Å². The number of para-hydroxylation sites is 1. The third-order valence-corrected chi connectivity index (χ3v) is 3.80. The van der Waals surface area contributed by atoms with Gasteiger partial charge in [-0.1, -0.05) is 18.2 Å². The number of rotatable bonds is 4. The number of hydrogen-bond donors (Lipinski definition) is 2. The van der Waals surface area contributed by atoms with Gasteiger partial charge in [-0.3, -0.25) is 0 Å². The van der Waals surface area contributed by atoms with Crippen molar-refractivity contribution in [1.82, 2.24) is 9.97 Å². The van der Waals surface area contributed by atoms with Crippen LogP contribution in [-0.2, 0) is 0 Å². The van der Waals surface area contributed by atoms with Crippen LogP contribution in [-0.4, -0.2) is 9.97 Å². The Balaban J connectivity index is 1.84. The molecule has 3 aromatic rings. The molecule has 0 fully saturated rings. The fraction of sp³-hybridized carbons (Fsp3) is 0.158. The first-order valence-electron chi connectivity index (χ1n) is 7.73. The standard InChI is InChI=1S/C19H20N4O/c1-12-6-4-5-7-16(12)22-19-21-9-8-18(23-19)24-17-11-13(2)15(20)10-14(17)3/h4-11H,20H2,1-3H3,(H,21,22,23). The van der Waals surface area contributed by atoms with E-state index in [2.05, 4.69) is 15.3 Å². The molecule has 2 aromatic carbocycles. The normalized spacial score (nSPS) is 10.5. The topological polar surface area (TPSA) is 73.1 Å². The zero-order chi connectivity index (χ0) is 17.1. The molecule has 3 rings (SSSR count). The molecule has 0 unspecified atom stereocenters. The number of aromatic nitrogens is 2. The van der Waals surface area contributed by atoms with Gasteiger partial charge in [-0.25, -0.2) is 4.98 Å². The van der Waals surface area contributed by atoms with Gasteiger partial charge in [0, 0.05) is 23.6 Å². The maximum Gasteiger partial charge on any atom is 0.230 e. The second kappa shape index (κ2) is 6.58. The van der Waals surface area contributed by atoms with Crippen LogP contribution in [0.25, 0.3) is 0 Å². The van der Waals surface area contributed by atoms with Gasteiger partial charge in [-0.2, -0.15) is 4.98 Å². The minimum atomic E-state index is 0.480. The number of hydrogen-bond acceptors (Lipinski definition) is 5. The average Bonchev–Trinajstić information content (AvgIpc) is 2.55. The van der Waals surface area contributed by atoms with Gasteiger partial charge in [0.05, 0.1) is 0 Å². The summed E-state index contributed by atoms with van der Waals surface area (Å²) < 4.78 is 5.91. The molecule has 1 aromatic heterocycles. The Morgan fingerprint density at radius 3 is 2.54 bits per heavy atom. The Hall–Kier alpha value is -3.08. The van der Waals surface area contributed by atoms with Crippen molar-refractivity contribution in [2.45, 2.75) is 20.8 Å². The largest absolute Gasteiger partial charge is 0.439 e. The zero-order valence-electron chi connectivity index (χ0n) is 14.0. The predicted molar refractivity (Wildman–Crippen MR) is 96.9 cm³/mol. The summed E-state index contributed by atoms with van der Waals surface area (Å²) in [5, 5.41) is 3.21. The van der Waals surface area contributed by atoms with E-state index in [4.69, 9.17) is 10.5 Å². The minimum Gasteiger partial charge on any atom is -0.439 e. The van der Waals surface area contributed by atoms with E-state index in [1.165, 1.54) is 0 Å². The van der Waals surface area contributed by atoms with Crippen molar-refractivity contribution in [1.29, 1.82) is 0 Å². The maximum absolute atomic E-state index is 5.92. The van der Waals surface area contributed by atoms with Crippen LogP contribution in [0.4, 0.5) is 17.3 Å². The highest BCUT2D eigenvalue weighted by Gasteiger charge is 2.07. The second-order valence-corrected chi connectivity index (χ2v) is 5.73. The Bertz CT molecular complexity index is 877. The third-order valence-electron chi connectivity index (χ3n) is 3.80. The number of aryl methyl sites for hydroxylation is 3. The van der Waals surface area contributed by atoms with Crippen molar-refractivity contribution in [2.24, 2.45) is 0 Å². The lowest BCUT2D eigenvalue weighted by molar-refractivity contribution is 0.459. The average molecular weight is 320 g/mol. The number of nitrogens with one attached hydrogen (secondary N) is 1. The molecule has 1 heterocycles. The summed E-state index contributed by atoms with van der Waals surface area (Å²) in [7, 11) is 0. The van der Waals surface area contributed by atoms with Crippen LogP contribution in [0, 0.1) is 20.8 Å². The smallest absolute Gasteiger partial charge is 0.230 e. The molecule has 122 valence electrons. The summed E-state index contributed by atoms with van der Waals surface area (Å²) in [5.74, 6) is 1.71. The van der Waals surface area contributed by atoms with E-state index in [-0.39, 0.29) is 0 Å². The quantitative estimate of drug-likeness (QED) is 0.691. The molecule has 0 bridgehead atoms. The zero-order valence-corrected chi connectivity index (χ0v) is 14.0. The number of nitrogen functional groups attached to an aromatic ring is 1. The molecule has 5 heteroatoms. The van der Waals surface area contributed by atoms with Gasteiger partial charge >= 0.3 is 0 Å². The number of nitrogens with zero attached hydrogens (tertiary/aromatic N) is 2. The molecule has 0 saturated heterocycles. The van der Waals surface area contributed by atoms with Crippen molar-refractivity contribution in [3.8, 4) is 11.6 Å². The Morgan fingerprint density at radius 2 is 1.75 bits per heavy atom. The fourth-order valence-electron chi connectivity index (χ4n) is 2.33. The van der Waals surface area contributed by atoms with Gasteiger partial charge < -0.3 is 15.8 Å².